The number of benzene rings is 1. The largest absolute Gasteiger partial charge is 0.319 e. The highest BCUT2D eigenvalue weighted by atomic mass is 16.2. The third kappa shape index (κ3) is 2.94. The van der Waals surface area contributed by atoms with E-state index in [2.05, 4.69) is 10.6 Å². The summed E-state index contributed by atoms with van der Waals surface area (Å²) in [6.07, 6.45) is 2.94. The van der Waals surface area contributed by atoms with Crippen LogP contribution in [0.4, 0.5) is 5.69 Å². The van der Waals surface area contributed by atoms with Crippen molar-refractivity contribution in [3.05, 3.63) is 46.4 Å². The maximum absolute atomic E-state index is 12.7. The third-order valence-electron chi connectivity index (χ3n) is 4.43. The third-order valence-corrected chi connectivity index (χ3v) is 4.43. The van der Waals surface area contributed by atoms with E-state index < -0.39 is 0 Å². The Hall–Kier alpha value is -2.34. The molecule has 1 amide bonds. The van der Waals surface area contributed by atoms with Gasteiger partial charge in [-0.25, -0.2) is 4.68 Å². The maximum atomic E-state index is 12.7. The van der Waals surface area contributed by atoms with Crippen LogP contribution in [0.15, 0.2) is 35.1 Å². The Balaban J connectivity index is 1.92. The highest BCUT2D eigenvalue weighted by Gasteiger charge is 2.24. The molecule has 6 nitrogen and oxygen atoms in total. The summed E-state index contributed by atoms with van der Waals surface area (Å²) in [6, 6.07) is 9.20. The molecule has 1 aromatic heterocycles. The smallest absolute Gasteiger partial charge is 0.295 e. The molecule has 2 aromatic rings. The van der Waals surface area contributed by atoms with Gasteiger partial charge in [0.15, 0.2) is 0 Å². The lowest BCUT2D eigenvalue weighted by Crippen LogP contribution is -2.44. The number of nitrogens with zero attached hydrogens (tertiary/aromatic N) is 2. The van der Waals surface area contributed by atoms with Crippen molar-refractivity contribution in [2.45, 2.75) is 32.2 Å². The molecule has 0 saturated carbocycles. The van der Waals surface area contributed by atoms with Crippen LogP contribution < -0.4 is 16.2 Å². The van der Waals surface area contributed by atoms with Crippen molar-refractivity contribution in [1.29, 1.82) is 0 Å². The molecule has 1 atom stereocenters. The van der Waals surface area contributed by atoms with Crippen LogP contribution in [0.1, 0.15) is 25.0 Å². The topological polar surface area (TPSA) is 68.1 Å². The van der Waals surface area contributed by atoms with Crippen molar-refractivity contribution in [2.24, 2.45) is 7.05 Å². The van der Waals surface area contributed by atoms with Crippen molar-refractivity contribution in [3.8, 4) is 5.69 Å². The van der Waals surface area contributed by atoms with Gasteiger partial charge in [-0.3, -0.25) is 14.3 Å². The Morgan fingerprint density at radius 3 is 2.65 bits per heavy atom. The quantitative estimate of drug-likeness (QED) is 0.903. The predicted molar refractivity (Wildman–Crippen MR) is 90.0 cm³/mol. The van der Waals surface area contributed by atoms with E-state index in [0.29, 0.717) is 5.69 Å². The number of hydrogen-bond donors (Lipinski definition) is 2. The van der Waals surface area contributed by atoms with Crippen molar-refractivity contribution >= 4 is 11.6 Å². The second-order valence-electron chi connectivity index (χ2n) is 5.93. The Kier molecular flexibility index (Phi) is 4.34. The van der Waals surface area contributed by atoms with Gasteiger partial charge < -0.3 is 10.6 Å². The van der Waals surface area contributed by atoms with E-state index in [-0.39, 0.29) is 17.5 Å². The summed E-state index contributed by atoms with van der Waals surface area (Å²) in [7, 11) is 1.82. The molecule has 2 N–H and O–H groups in total. The molecule has 1 fully saturated rings. The van der Waals surface area contributed by atoms with Gasteiger partial charge in [-0.1, -0.05) is 24.6 Å². The zero-order valence-corrected chi connectivity index (χ0v) is 13.5. The van der Waals surface area contributed by atoms with Crippen molar-refractivity contribution in [2.75, 3.05) is 11.9 Å². The van der Waals surface area contributed by atoms with Crippen LogP contribution >= 0.6 is 0 Å². The normalized spacial score (nSPS) is 17.9. The fourth-order valence-electron chi connectivity index (χ4n) is 3.00. The van der Waals surface area contributed by atoms with Crippen LogP contribution in [0, 0.1) is 6.92 Å². The Labute approximate surface area is 135 Å². The van der Waals surface area contributed by atoms with Gasteiger partial charge in [0.05, 0.1) is 17.4 Å². The van der Waals surface area contributed by atoms with E-state index in [1.165, 1.54) is 0 Å². The summed E-state index contributed by atoms with van der Waals surface area (Å²) in [5, 5.41) is 6.03. The summed E-state index contributed by atoms with van der Waals surface area (Å²) in [4.78, 5) is 25.1. The van der Waals surface area contributed by atoms with Crippen LogP contribution in [-0.2, 0) is 11.8 Å². The van der Waals surface area contributed by atoms with E-state index in [9.17, 15) is 9.59 Å². The van der Waals surface area contributed by atoms with Gasteiger partial charge in [0.2, 0.25) is 5.91 Å². The van der Waals surface area contributed by atoms with Crippen LogP contribution in [0.5, 0.6) is 0 Å². The lowest BCUT2D eigenvalue weighted by molar-refractivity contribution is -0.118. The van der Waals surface area contributed by atoms with Crippen molar-refractivity contribution < 1.29 is 4.79 Å². The molecule has 0 aliphatic carbocycles. The first kappa shape index (κ1) is 15.6. The highest BCUT2D eigenvalue weighted by Crippen LogP contribution is 2.15. The van der Waals surface area contributed by atoms with E-state index >= 15 is 0 Å². The Bertz CT molecular complexity index is 755. The molecule has 1 aliphatic heterocycles. The standard InChI is InChI=1S/C17H22N4O2/c1-12-15(19-16(22)14-10-6-7-11-18-14)17(23)21(20(12)2)13-8-4-3-5-9-13/h3-5,8-9,14,18H,6-7,10-11H2,1-2H3,(H,19,22)/t14-/m1/s1. The summed E-state index contributed by atoms with van der Waals surface area (Å²) in [5.41, 5.74) is 1.66. The lowest BCUT2D eigenvalue weighted by atomic mass is 10.0. The molecule has 2 heterocycles. The fourth-order valence-corrected chi connectivity index (χ4v) is 3.00. The van der Waals surface area contributed by atoms with Gasteiger partial charge in [0.25, 0.3) is 5.56 Å². The molecule has 3 rings (SSSR count). The van der Waals surface area contributed by atoms with Gasteiger partial charge in [0.1, 0.15) is 5.69 Å². The van der Waals surface area contributed by atoms with Crippen molar-refractivity contribution in [1.82, 2.24) is 14.7 Å². The summed E-state index contributed by atoms with van der Waals surface area (Å²) < 4.78 is 3.33. The Morgan fingerprint density at radius 2 is 2.00 bits per heavy atom. The second-order valence-corrected chi connectivity index (χ2v) is 5.93. The predicted octanol–water partition coefficient (Wildman–Crippen LogP) is 1.57. The number of nitrogens with one attached hydrogen (secondary N) is 2. The molecule has 6 heteroatoms. The monoisotopic (exact) mass is 314 g/mol. The molecule has 0 bridgehead atoms. The van der Waals surface area contributed by atoms with Gasteiger partial charge in [-0.2, -0.15) is 0 Å². The lowest BCUT2D eigenvalue weighted by Gasteiger charge is -2.22. The van der Waals surface area contributed by atoms with Gasteiger partial charge in [0, 0.05) is 7.05 Å². The minimum atomic E-state index is -0.215. The van der Waals surface area contributed by atoms with Crippen molar-refractivity contribution in [3.63, 3.8) is 0 Å². The summed E-state index contributed by atoms with van der Waals surface area (Å²) >= 11 is 0. The van der Waals surface area contributed by atoms with E-state index in [4.69, 9.17) is 0 Å². The number of para-hydroxylation sites is 1. The number of aromatic nitrogens is 2. The first-order chi connectivity index (χ1) is 11.1. The van der Waals surface area contributed by atoms with E-state index in [1.807, 2.05) is 44.3 Å². The van der Waals surface area contributed by atoms with Gasteiger partial charge in [-0.05, 0) is 38.4 Å². The molecule has 0 unspecified atom stereocenters. The van der Waals surface area contributed by atoms with Crippen LogP contribution in [0.25, 0.3) is 5.69 Å². The molecule has 1 aliphatic rings. The summed E-state index contributed by atoms with van der Waals surface area (Å²) in [5.74, 6) is -0.129. The summed E-state index contributed by atoms with van der Waals surface area (Å²) in [6.45, 7) is 2.69. The molecule has 0 spiro atoms. The first-order valence-corrected chi connectivity index (χ1v) is 7.98. The van der Waals surface area contributed by atoms with Gasteiger partial charge in [-0.15, -0.1) is 0 Å². The average molecular weight is 314 g/mol. The van der Waals surface area contributed by atoms with E-state index in [1.54, 1.807) is 9.36 Å². The number of amides is 1. The van der Waals surface area contributed by atoms with Crippen LogP contribution in [-0.4, -0.2) is 27.9 Å². The number of hydrogen-bond acceptors (Lipinski definition) is 3. The number of carbonyl (C=O) groups is 1. The number of anilines is 1. The maximum Gasteiger partial charge on any atom is 0.295 e. The second kappa shape index (κ2) is 6.42. The van der Waals surface area contributed by atoms with E-state index in [0.717, 1.165) is 37.2 Å². The number of rotatable bonds is 3. The molecule has 1 aromatic carbocycles. The molecule has 122 valence electrons. The SMILES string of the molecule is Cc1c(NC(=O)[C@H]2CCCCN2)c(=O)n(-c2ccccc2)n1C. The first-order valence-electron chi connectivity index (χ1n) is 7.98. The molecule has 1 saturated heterocycles. The zero-order valence-electron chi connectivity index (χ0n) is 13.5. The molecular weight excluding hydrogens is 292 g/mol. The highest BCUT2D eigenvalue weighted by molar-refractivity contribution is 5.95. The van der Waals surface area contributed by atoms with Crippen LogP contribution in [0.3, 0.4) is 0 Å². The minimum absolute atomic E-state index is 0.129. The number of piperidine rings is 1. The Morgan fingerprint density at radius 1 is 1.26 bits per heavy atom. The average Bonchev–Trinajstić information content (AvgIpc) is 2.80. The molecule has 0 radical (unpaired) electrons. The number of carbonyl (C=O) groups excluding carboxylic acids is 1. The minimum Gasteiger partial charge on any atom is -0.319 e. The molecule has 23 heavy (non-hydrogen) atoms. The fraction of sp³-hybridized carbons (Fsp3) is 0.412. The van der Waals surface area contributed by atoms with Crippen LogP contribution in [0.2, 0.25) is 0 Å². The van der Waals surface area contributed by atoms with Gasteiger partial charge >= 0.3 is 0 Å². The zero-order chi connectivity index (χ0) is 16.4. The molecular formula is C17H22N4O2.